The minimum absolute atomic E-state index is 0.0316. The van der Waals surface area contributed by atoms with Gasteiger partial charge in [-0.1, -0.05) is 19.3 Å². The summed E-state index contributed by atoms with van der Waals surface area (Å²) in [4.78, 5) is 10.7. The molecule has 0 aliphatic heterocycles. The summed E-state index contributed by atoms with van der Waals surface area (Å²) in [6.07, 6.45) is 5.09. The number of nitrogens with one attached hydrogen (secondary N) is 1. The van der Waals surface area contributed by atoms with Gasteiger partial charge in [-0.2, -0.15) is 5.26 Å². The Hall–Kier alpha value is -2.13. The molecule has 112 valence electrons. The first-order valence-corrected chi connectivity index (χ1v) is 7.21. The maximum Gasteiger partial charge on any atom is 0.293 e. The highest BCUT2D eigenvalue weighted by atomic mass is 16.6. The maximum atomic E-state index is 11.2. The highest BCUT2D eigenvalue weighted by molar-refractivity contribution is 5.64. The van der Waals surface area contributed by atoms with Crippen molar-refractivity contribution in [1.82, 2.24) is 0 Å². The summed E-state index contributed by atoms with van der Waals surface area (Å²) < 4.78 is 0. The minimum Gasteiger partial charge on any atom is -0.396 e. The van der Waals surface area contributed by atoms with E-state index in [-0.39, 0.29) is 29.8 Å². The molecule has 0 radical (unpaired) electrons. The first-order valence-electron chi connectivity index (χ1n) is 7.21. The van der Waals surface area contributed by atoms with Crippen LogP contribution in [0.4, 0.5) is 11.4 Å². The Morgan fingerprint density at radius 1 is 1.38 bits per heavy atom. The summed E-state index contributed by atoms with van der Waals surface area (Å²) in [7, 11) is 0. The van der Waals surface area contributed by atoms with Gasteiger partial charge in [0.1, 0.15) is 5.69 Å². The molecule has 1 aliphatic carbocycles. The molecule has 1 aromatic rings. The van der Waals surface area contributed by atoms with E-state index in [0.717, 1.165) is 32.1 Å². The Bertz CT molecular complexity index is 554. The molecule has 0 saturated heterocycles. The first kappa shape index (κ1) is 15.3. The molecule has 0 aromatic heterocycles. The lowest BCUT2D eigenvalue weighted by Crippen LogP contribution is -2.30. The van der Waals surface area contributed by atoms with E-state index in [9.17, 15) is 15.2 Å². The zero-order valence-corrected chi connectivity index (χ0v) is 11.8. The normalized spacial score (nSPS) is 22.1. The van der Waals surface area contributed by atoms with Crippen molar-refractivity contribution in [1.29, 1.82) is 5.26 Å². The Morgan fingerprint density at radius 2 is 2.14 bits per heavy atom. The van der Waals surface area contributed by atoms with Gasteiger partial charge in [-0.05, 0) is 25.0 Å². The number of aliphatic hydroxyl groups excluding tert-OH is 1. The molecule has 0 heterocycles. The molecule has 2 N–H and O–H groups in total. The SMILES string of the molecule is N#Cc1ccc(NC2CCCCCC2CO)c([N+](=O)[O-])c1. The number of nitro benzene ring substituents is 1. The maximum absolute atomic E-state index is 11.2. The first-order chi connectivity index (χ1) is 10.2. The standard InChI is InChI=1S/C15H19N3O3/c16-9-11-6-7-14(15(8-11)18(20)21)17-13-5-3-1-2-4-12(13)10-19/h6-8,12-13,17,19H,1-5,10H2. The Balaban J connectivity index is 2.25. The second-order valence-electron chi connectivity index (χ2n) is 5.43. The van der Waals surface area contributed by atoms with Crippen LogP contribution >= 0.6 is 0 Å². The number of hydrogen-bond acceptors (Lipinski definition) is 5. The van der Waals surface area contributed by atoms with Crippen LogP contribution in [0.15, 0.2) is 18.2 Å². The van der Waals surface area contributed by atoms with Crippen molar-refractivity contribution in [2.24, 2.45) is 5.92 Å². The van der Waals surface area contributed by atoms with Crippen LogP contribution < -0.4 is 5.32 Å². The van der Waals surface area contributed by atoms with E-state index in [1.54, 1.807) is 12.1 Å². The van der Waals surface area contributed by atoms with E-state index in [1.165, 1.54) is 6.07 Å². The number of rotatable bonds is 4. The molecule has 1 aromatic carbocycles. The van der Waals surface area contributed by atoms with Crippen LogP contribution in [0.5, 0.6) is 0 Å². The van der Waals surface area contributed by atoms with Crippen LogP contribution in [0.2, 0.25) is 0 Å². The predicted molar refractivity (Wildman–Crippen MR) is 78.9 cm³/mol. The largest absolute Gasteiger partial charge is 0.396 e. The van der Waals surface area contributed by atoms with Gasteiger partial charge in [-0.25, -0.2) is 0 Å². The summed E-state index contributed by atoms with van der Waals surface area (Å²) in [5, 5.41) is 32.7. The van der Waals surface area contributed by atoms with Crippen LogP contribution in [0.1, 0.15) is 37.7 Å². The molecule has 2 unspecified atom stereocenters. The van der Waals surface area contributed by atoms with Crippen molar-refractivity contribution < 1.29 is 10.0 Å². The summed E-state index contributed by atoms with van der Waals surface area (Å²) >= 11 is 0. The lowest BCUT2D eigenvalue weighted by Gasteiger charge is -2.25. The third-order valence-electron chi connectivity index (χ3n) is 4.06. The second-order valence-corrected chi connectivity index (χ2v) is 5.43. The Labute approximate surface area is 123 Å². The quantitative estimate of drug-likeness (QED) is 0.504. The van der Waals surface area contributed by atoms with Gasteiger partial charge in [0, 0.05) is 24.6 Å². The van der Waals surface area contributed by atoms with Gasteiger partial charge in [0.05, 0.1) is 16.6 Å². The smallest absolute Gasteiger partial charge is 0.293 e. The predicted octanol–water partition coefficient (Wildman–Crippen LogP) is 2.82. The fourth-order valence-electron chi connectivity index (χ4n) is 2.87. The molecule has 1 aliphatic rings. The van der Waals surface area contributed by atoms with E-state index >= 15 is 0 Å². The van der Waals surface area contributed by atoms with Gasteiger partial charge >= 0.3 is 0 Å². The van der Waals surface area contributed by atoms with E-state index < -0.39 is 4.92 Å². The Morgan fingerprint density at radius 3 is 2.81 bits per heavy atom. The third kappa shape index (κ3) is 3.70. The molecular formula is C15H19N3O3. The lowest BCUT2D eigenvalue weighted by atomic mass is 9.95. The fraction of sp³-hybridized carbons (Fsp3) is 0.533. The third-order valence-corrected chi connectivity index (χ3v) is 4.06. The number of nitrogens with zero attached hydrogens (tertiary/aromatic N) is 2. The molecule has 21 heavy (non-hydrogen) atoms. The van der Waals surface area contributed by atoms with Gasteiger partial charge in [0.25, 0.3) is 5.69 Å². The number of benzene rings is 1. The monoisotopic (exact) mass is 289 g/mol. The number of anilines is 1. The molecule has 6 nitrogen and oxygen atoms in total. The molecule has 1 fully saturated rings. The van der Waals surface area contributed by atoms with Crippen LogP contribution in [0, 0.1) is 27.4 Å². The zero-order valence-electron chi connectivity index (χ0n) is 11.8. The van der Waals surface area contributed by atoms with Crippen molar-refractivity contribution >= 4 is 11.4 Å². The van der Waals surface area contributed by atoms with E-state index in [0.29, 0.717) is 5.69 Å². The van der Waals surface area contributed by atoms with E-state index in [2.05, 4.69) is 5.32 Å². The molecule has 0 amide bonds. The number of nitro groups is 1. The van der Waals surface area contributed by atoms with Crippen molar-refractivity contribution in [3.63, 3.8) is 0 Å². The number of hydrogen-bond donors (Lipinski definition) is 2. The van der Waals surface area contributed by atoms with E-state index in [4.69, 9.17) is 5.26 Å². The summed E-state index contributed by atoms with van der Waals surface area (Å²) in [5.41, 5.74) is 0.603. The van der Waals surface area contributed by atoms with Crippen LogP contribution in [-0.2, 0) is 0 Å². The van der Waals surface area contributed by atoms with Crippen LogP contribution in [0.3, 0.4) is 0 Å². The van der Waals surface area contributed by atoms with Crippen molar-refractivity contribution in [3.05, 3.63) is 33.9 Å². The molecule has 6 heteroatoms. The molecule has 2 rings (SSSR count). The topological polar surface area (TPSA) is 99.2 Å². The van der Waals surface area contributed by atoms with Crippen molar-refractivity contribution in [2.45, 2.75) is 38.1 Å². The number of aliphatic hydroxyl groups is 1. The van der Waals surface area contributed by atoms with E-state index in [1.807, 2.05) is 6.07 Å². The number of nitriles is 1. The van der Waals surface area contributed by atoms with Crippen molar-refractivity contribution in [3.8, 4) is 6.07 Å². The molecule has 0 spiro atoms. The molecule has 1 saturated carbocycles. The average molecular weight is 289 g/mol. The summed E-state index contributed by atoms with van der Waals surface area (Å²) in [6.45, 7) is 0.0851. The second kappa shape index (κ2) is 7.04. The lowest BCUT2D eigenvalue weighted by molar-refractivity contribution is -0.384. The van der Waals surface area contributed by atoms with Gasteiger partial charge in [-0.15, -0.1) is 0 Å². The Kier molecular flexibility index (Phi) is 5.12. The van der Waals surface area contributed by atoms with Crippen LogP contribution in [-0.4, -0.2) is 22.7 Å². The van der Waals surface area contributed by atoms with Gasteiger partial charge in [-0.3, -0.25) is 10.1 Å². The molecular weight excluding hydrogens is 270 g/mol. The fourth-order valence-corrected chi connectivity index (χ4v) is 2.87. The van der Waals surface area contributed by atoms with Gasteiger partial charge < -0.3 is 10.4 Å². The van der Waals surface area contributed by atoms with Gasteiger partial charge in [0.15, 0.2) is 0 Å². The van der Waals surface area contributed by atoms with Gasteiger partial charge in [0.2, 0.25) is 0 Å². The van der Waals surface area contributed by atoms with Crippen molar-refractivity contribution in [2.75, 3.05) is 11.9 Å². The molecule has 2 atom stereocenters. The highest BCUT2D eigenvalue weighted by Crippen LogP contribution is 2.31. The minimum atomic E-state index is -0.478. The summed E-state index contributed by atoms with van der Waals surface area (Å²) in [5.74, 6) is 0.114. The molecule has 0 bridgehead atoms. The van der Waals surface area contributed by atoms with Crippen LogP contribution in [0.25, 0.3) is 0 Å². The summed E-state index contributed by atoms with van der Waals surface area (Å²) in [6, 6.07) is 6.38. The highest BCUT2D eigenvalue weighted by Gasteiger charge is 2.25. The zero-order chi connectivity index (χ0) is 15.2. The average Bonchev–Trinajstić information content (AvgIpc) is 2.72.